The van der Waals surface area contributed by atoms with Crippen LogP contribution in [0, 0.1) is 0 Å². The van der Waals surface area contributed by atoms with E-state index in [0.717, 1.165) is 28.3 Å². The average molecular weight is 378 g/mol. The molecular formula is C15H22BrClN2S. The van der Waals surface area contributed by atoms with Crippen LogP contribution in [0.1, 0.15) is 31.9 Å². The fraction of sp³-hybridized carbons (Fsp3) is 0.600. The van der Waals surface area contributed by atoms with Crippen molar-refractivity contribution >= 4 is 39.3 Å². The quantitative estimate of drug-likeness (QED) is 0.850. The zero-order chi connectivity index (χ0) is 14.8. The second kappa shape index (κ2) is 7.01. The third-order valence-corrected chi connectivity index (χ3v) is 6.45. The lowest BCUT2D eigenvalue weighted by Crippen LogP contribution is -2.35. The van der Waals surface area contributed by atoms with Gasteiger partial charge in [0.25, 0.3) is 0 Å². The summed E-state index contributed by atoms with van der Waals surface area (Å²) in [6.45, 7) is 7.49. The molecule has 20 heavy (non-hydrogen) atoms. The van der Waals surface area contributed by atoms with Gasteiger partial charge in [0.2, 0.25) is 0 Å². The minimum absolute atomic E-state index is 0.276. The maximum Gasteiger partial charge on any atom is 0.0548 e. The second-order valence-corrected chi connectivity index (χ2v) is 8.88. The summed E-state index contributed by atoms with van der Waals surface area (Å²) >= 11 is 11.6. The van der Waals surface area contributed by atoms with Gasteiger partial charge in [0.1, 0.15) is 0 Å². The molecule has 1 saturated heterocycles. The van der Waals surface area contributed by atoms with Crippen molar-refractivity contribution in [3.8, 4) is 0 Å². The Bertz CT molecular complexity index is 467. The van der Waals surface area contributed by atoms with Crippen molar-refractivity contribution in [3.63, 3.8) is 0 Å². The first kappa shape index (κ1) is 16.6. The van der Waals surface area contributed by atoms with Gasteiger partial charge >= 0.3 is 0 Å². The number of rotatable bonds is 3. The van der Waals surface area contributed by atoms with Gasteiger partial charge in [-0.3, -0.25) is 4.90 Å². The summed E-state index contributed by atoms with van der Waals surface area (Å²) in [5.74, 6) is 1.16. The fourth-order valence-corrected chi connectivity index (χ4v) is 4.19. The van der Waals surface area contributed by atoms with Gasteiger partial charge in [0, 0.05) is 40.6 Å². The van der Waals surface area contributed by atoms with Crippen molar-refractivity contribution in [3.05, 3.63) is 33.3 Å². The maximum atomic E-state index is 6.08. The molecule has 0 spiro atoms. The molecule has 112 valence electrons. The molecule has 5 heteroatoms. The third-order valence-electron chi connectivity index (χ3n) is 3.86. The van der Waals surface area contributed by atoms with E-state index < -0.39 is 0 Å². The van der Waals surface area contributed by atoms with Gasteiger partial charge in [-0.2, -0.15) is 11.8 Å². The molecule has 1 atom stereocenters. The summed E-state index contributed by atoms with van der Waals surface area (Å²) < 4.78 is 1.31. The minimum atomic E-state index is 0.276. The van der Waals surface area contributed by atoms with Crippen molar-refractivity contribution < 1.29 is 0 Å². The van der Waals surface area contributed by atoms with E-state index in [2.05, 4.69) is 58.6 Å². The van der Waals surface area contributed by atoms with Crippen molar-refractivity contribution in [2.75, 3.05) is 25.4 Å². The molecular weight excluding hydrogens is 356 g/mol. The van der Waals surface area contributed by atoms with Crippen molar-refractivity contribution in [1.82, 2.24) is 4.90 Å². The van der Waals surface area contributed by atoms with Crippen LogP contribution in [-0.2, 0) is 0 Å². The molecule has 1 heterocycles. The molecule has 0 aliphatic carbocycles. The Kier molecular flexibility index (Phi) is 5.83. The van der Waals surface area contributed by atoms with Crippen LogP contribution in [0.3, 0.4) is 0 Å². The Labute approximate surface area is 139 Å². The zero-order valence-corrected chi connectivity index (χ0v) is 15.2. The predicted molar refractivity (Wildman–Crippen MR) is 93.7 cm³/mol. The summed E-state index contributed by atoms with van der Waals surface area (Å²) in [7, 11) is 0. The van der Waals surface area contributed by atoms with Crippen LogP contribution in [0.5, 0.6) is 0 Å². The molecule has 1 fully saturated rings. The molecule has 0 bridgehead atoms. The van der Waals surface area contributed by atoms with Crippen molar-refractivity contribution in [2.24, 2.45) is 5.73 Å². The number of halogens is 2. The van der Waals surface area contributed by atoms with Crippen LogP contribution in [0.2, 0.25) is 5.02 Å². The molecule has 0 aromatic heterocycles. The smallest absolute Gasteiger partial charge is 0.0548 e. The average Bonchev–Trinajstić information content (AvgIpc) is 2.56. The highest BCUT2D eigenvalue weighted by Gasteiger charge is 2.27. The van der Waals surface area contributed by atoms with Crippen LogP contribution in [-0.4, -0.2) is 35.0 Å². The summed E-state index contributed by atoms with van der Waals surface area (Å²) in [5.41, 5.74) is 7.29. The van der Waals surface area contributed by atoms with E-state index in [4.69, 9.17) is 17.3 Å². The standard InChI is InChI=1S/C15H22BrClN2S/c1-15(2)5-6-19(7-8-20-15)14(10-18)11-3-4-13(17)12(16)9-11/h3-4,9,14H,5-8,10,18H2,1-2H3. The van der Waals surface area contributed by atoms with Crippen LogP contribution in [0.4, 0.5) is 0 Å². The Balaban J connectivity index is 2.17. The van der Waals surface area contributed by atoms with E-state index in [1.807, 2.05) is 6.07 Å². The largest absolute Gasteiger partial charge is 0.329 e. The molecule has 2 nitrogen and oxygen atoms in total. The third kappa shape index (κ3) is 4.14. The Morgan fingerprint density at radius 3 is 2.85 bits per heavy atom. The second-order valence-electron chi connectivity index (χ2n) is 5.82. The molecule has 0 amide bonds. The van der Waals surface area contributed by atoms with E-state index in [1.54, 1.807) is 0 Å². The number of thioether (sulfide) groups is 1. The van der Waals surface area contributed by atoms with E-state index in [-0.39, 0.29) is 6.04 Å². The van der Waals surface area contributed by atoms with Gasteiger partial charge in [-0.15, -0.1) is 0 Å². The van der Waals surface area contributed by atoms with Gasteiger partial charge in [0.15, 0.2) is 0 Å². The fourth-order valence-electron chi connectivity index (χ4n) is 2.56. The molecule has 2 N–H and O–H groups in total. The molecule has 1 aliphatic heterocycles. The van der Waals surface area contributed by atoms with Gasteiger partial charge in [-0.1, -0.05) is 31.5 Å². The summed E-state index contributed by atoms with van der Waals surface area (Å²) in [6.07, 6.45) is 1.20. The first-order valence-corrected chi connectivity index (χ1v) is 9.11. The van der Waals surface area contributed by atoms with E-state index in [1.165, 1.54) is 12.0 Å². The molecule has 2 rings (SSSR count). The number of nitrogens with zero attached hydrogens (tertiary/aromatic N) is 1. The lowest BCUT2D eigenvalue weighted by molar-refractivity contribution is 0.211. The molecule has 0 radical (unpaired) electrons. The molecule has 1 aliphatic rings. The number of hydrogen-bond acceptors (Lipinski definition) is 3. The van der Waals surface area contributed by atoms with Crippen LogP contribution in [0.15, 0.2) is 22.7 Å². The summed E-state index contributed by atoms with van der Waals surface area (Å²) in [4.78, 5) is 2.51. The topological polar surface area (TPSA) is 29.3 Å². The zero-order valence-electron chi connectivity index (χ0n) is 12.0. The van der Waals surface area contributed by atoms with E-state index in [0.29, 0.717) is 11.3 Å². The lowest BCUT2D eigenvalue weighted by Gasteiger charge is -2.30. The minimum Gasteiger partial charge on any atom is -0.329 e. The summed E-state index contributed by atoms with van der Waals surface area (Å²) in [6, 6.07) is 6.41. The monoisotopic (exact) mass is 376 g/mol. The first-order chi connectivity index (χ1) is 9.43. The molecule has 0 saturated carbocycles. The highest BCUT2D eigenvalue weighted by molar-refractivity contribution is 9.10. The number of nitrogens with two attached hydrogens (primary N) is 1. The SMILES string of the molecule is CC1(C)CCN(C(CN)c2ccc(Cl)c(Br)c2)CCS1. The van der Waals surface area contributed by atoms with Crippen molar-refractivity contribution in [2.45, 2.75) is 31.1 Å². The Morgan fingerprint density at radius 1 is 1.45 bits per heavy atom. The van der Waals surface area contributed by atoms with E-state index in [9.17, 15) is 0 Å². The Hall–Kier alpha value is 0.260. The first-order valence-electron chi connectivity index (χ1n) is 6.96. The normalized spacial score (nSPS) is 21.4. The van der Waals surface area contributed by atoms with E-state index >= 15 is 0 Å². The molecule has 1 aromatic rings. The molecule has 1 unspecified atom stereocenters. The molecule has 1 aromatic carbocycles. The van der Waals surface area contributed by atoms with Gasteiger partial charge in [-0.05, 0) is 40.0 Å². The van der Waals surface area contributed by atoms with Crippen LogP contribution in [0.25, 0.3) is 0 Å². The predicted octanol–water partition coefficient (Wildman–Crippen LogP) is 4.32. The number of benzene rings is 1. The highest BCUT2D eigenvalue weighted by atomic mass is 79.9. The maximum absolute atomic E-state index is 6.08. The van der Waals surface area contributed by atoms with Crippen LogP contribution >= 0.6 is 39.3 Å². The summed E-state index contributed by atoms with van der Waals surface area (Å²) in [5, 5.41) is 0.747. The lowest BCUT2D eigenvalue weighted by atomic mass is 10.0. The van der Waals surface area contributed by atoms with Crippen molar-refractivity contribution in [1.29, 1.82) is 0 Å². The van der Waals surface area contributed by atoms with Gasteiger partial charge in [-0.25, -0.2) is 0 Å². The Morgan fingerprint density at radius 2 is 2.20 bits per heavy atom. The van der Waals surface area contributed by atoms with Crippen LogP contribution < -0.4 is 5.73 Å². The number of hydrogen-bond donors (Lipinski definition) is 1. The highest BCUT2D eigenvalue weighted by Crippen LogP contribution is 2.34. The van der Waals surface area contributed by atoms with Gasteiger partial charge < -0.3 is 5.73 Å². The van der Waals surface area contributed by atoms with Gasteiger partial charge in [0.05, 0.1) is 5.02 Å².